The molecule has 5 N–H and O–H groups in total. The monoisotopic (exact) mass is 187 g/mol. The molecule has 0 aromatic heterocycles. The Hall–Kier alpha value is -0.610. The van der Waals surface area contributed by atoms with Crippen LogP contribution in [0.25, 0.3) is 0 Å². The third-order valence-electron chi connectivity index (χ3n) is 2.20. The molecule has 4 heteroatoms. The van der Waals surface area contributed by atoms with Crippen LogP contribution in [-0.2, 0) is 4.79 Å². The van der Waals surface area contributed by atoms with Crippen molar-refractivity contribution in [3.05, 3.63) is 0 Å². The largest absolute Gasteiger partial charge is 0.370 e. The molecule has 0 bridgehead atoms. The molecule has 0 saturated heterocycles. The highest BCUT2D eigenvalue weighted by atomic mass is 16.1. The molecule has 0 rings (SSSR count). The molecular formula is C9H21N3O. The van der Waals surface area contributed by atoms with E-state index in [-0.39, 0.29) is 5.91 Å². The number of hydrogen-bond donors (Lipinski definition) is 3. The first kappa shape index (κ1) is 12.4. The van der Waals surface area contributed by atoms with E-state index in [2.05, 4.69) is 19.2 Å². The molecule has 1 atom stereocenters. The lowest BCUT2D eigenvalue weighted by Crippen LogP contribution is -2.33. The van der Waals surface area contributed by atoms with Crippen molar-refractivity contribution in [2.45, 2.75) is 20.3 Å². The van der Waals surface area contributed by atoms with Crippen LogP contribution in [0.15, 0.2) is 0 Å². The predicted octanol–water partition coefficient (Wildman–Crippen LogP) is -0.318. The Morgan fingerprint density at radius 2 is 2.08 bits per heavy atom. The van der Waals surface area contributed by atoms with Crippen LogP contribution in [-0.4, -0.2) is 25.5 Å². The summed E-state index contributed by atoms with van der Waals surface area (Å²) in [5.74, 6) is 0.792. The molecule has 1 unspecified atom stereocenters. The third kappa shape index (κ3) is 6.54. The number of primary amides is 1. The first-order chi connectivity index (χ1) is 6.07. The molecular weight excluding hydrogens is 166 g/mol. The molecule has 13 heavy (non-hydrogen) atoms. The number of hydrogen-bond acceptors (Lipinski definition) is 3. The minimum Gasteiger partial charge on any atom is -0.370 e. The number of nitrogens with two attached hydrogens (primary N) is 2. The fraction of sp³-hybridized carbons (Fsp3) is 0.889. The van der Waals surface area contributed by atoms with Gasteiger partial charge in [-0.3, -0.25) is 4.79 Å². The zero-order valence-electron chi connectivity index (χ0n) is 8.55. The van der Waals surface area contributed by atoms with E-state index in [9.17, 15) is 4.79 Å². The van der Waals surface area contributed by atoms with Crippen LogP contribution in [0.5, 0.6) is 0 Å². The van der Waals surface area contributed by atoms with Gasteiger partial charge in [-0.15, -0.1) is 0 Å². The molecule has 0 spiro atoms. The zero-order chi connectivity index (χ0) is 10.3. The van der Waals surface area contributed by atoms with Gasteiger partial charge in [-0.2, -0.15) is 0 Å². The van der Waals surface area contributed by atoms with Crippen molar-refractivity contribution in [1.29, 1.82) is 0 Å². The summed E-state index contributed by atoms with van der Waals surface area (Å²) in [6, 6.07) is 0. The summed E-state index contributed by atoms with van der Waals surface area (Å²) in [7, 11) is 0. The van der Waals surface area contributed by atoms with Gasteiger partial charge in [0, 0.05) is 13.0 Å². The second kappa shape index (κ2) is 6.86. The van der Waals surface area contributed by atoms with Gasteiger partial charge in [-0.25, -0.2) is 0 Å². The fourth-order valence-corrected chi connectivity index (χ4v) is 1.09. The van der Waals surface area contributed by atoms with Crippen molar-refractivity contribution in [1.82, 2.24) is 5.32 Å². The molecule has 0 aliphatic rings. The third-order valence-corrected chi connectivity index (χ3v) is 2.20. The van der Waals surface area contributed by atoms with E-state index in [4.69, 9.17) is 11.5 Å². The number of rotatable bonds is 7. The van der Waals surface area contributed by atoms with E-state index in [0.717, 1.165) is 6.54 Å². The van der Waals surface area contributed by atoms with Crippen LogP contribution in [0.3, 0.4) is 0 Å². The van der Waals surface area contributed by atoms with Gasteiger partial charge >= 0.3 is 0 Å². The Kier molecular flexibility index (Phi) is 6.54. The normalized spacial score (nSPS) is 13.2. The van der Waals surface area contributed by atoms with E-state index in [1.165, 1.54) is 0 Å². The minimum absolute atomic E-state index is 0.263. The molecule has 0 saturated carbocycles. The van der Waals surface area contributed by atoms with E-state index < -0.39 is 0 Å². The fourth-order valence-electron chi connectivity index (χ4n) is 1.09. The molecule has 0 aromatic carbocycles. The van der Waals surface area contributed by atoms with Gasteiger partial charge < -0.3 is 16.8 Å². The lowest BCUT2D eigenvalue weighted by Gasteiger charge is -2.18. The van der Waals surface area contributed by atoms with E-state index in [0.29, 0.717) is 31.3 Å². The molecule has 0 aromatic rings. The summed E-state index contributed by atoms with van der Waals surface area (Å²) >= 11 is 0. The summed E-state index contributed by atoms with van der Waals surface area (Å²) in [6.45, 7) is 6.49. The van der Waals surface area contributed by atoms with Crippen molar-refractivity contribution < 1.29 is 4.79 Å². The van der Waals surface area contributed by atoms with E-state index >= 15 is 0 Å². The average Bonchev–Trinajstić information content (AvgIpc) is 2.03. The van der Waals surface area contributed by atoms with Gasteiger partial charge in [-0.05, 0) is 24.9 Å². The standard InChI is InChI=1S/C9H21N3O/c1-7(2)8(5-10)6-12-4-3-9(11)13/h7-8,12H,3-6,10H2,1-2H3,(H2,11,13). The Morgan fingerprint density at radius 1 is 1.46 bits per heavy atom. The summed E-state index contributed by atoms with van der Waals surface area (Å²) in [6.07, 6.45) is 0.398. The maximum Gasteiger partial charge on any atom is 0.218 e. The summed E-state index contributed by atoms with van der Waals surface area (Å²) in [5.41, 5.74) is 10.6. The van der Waals surface area contributed by atoms with Crippen LogP contribution < -0.4 is 16.8 Å². The van der Waals surface area contributed by atoms with Gasteiger partial charge in [0.2, 0.25) is 5.91 Å². The summed E-state index contributed by atoms with van der Waals surface area (Å²) in [5, 5.41) is 3.17. The molecule has 0 heterocycles. The van der Waals surface area contributed by atoms with Crippen LogP contribution >= 0.6 is 0 Å². The average molecular weight is 187 g/mol. The number of carbonyl (C=O) groups excluding carboxylic acids is 1. The highest BCUT2D eigenvalue weighted by Crippen LogP contribution is 2.06. The number of nitrogens with one attached hydrogen (secondary N) is 1. The summed E-state index contributed by atoms with van der Waals surface area (Å²) in [4.78, 5) is 10.4. The van der Waals surface area contributed by atoms with Crippen LogP contribution in [0.1, 0.15) is 20.3 Å². The summed E-state index contributed by atoms with van der Waals surface area (Å²) < 4.78 is 0. The van der Waals surface area contributed by atoms with Crippen molar-refractivity contribution in [3.63, 3.8) is 0 Å². The van der Waals surface area contributed by atoms with Crippen molar-refractivity contribution in [2.24, 2.45) is 23.3 Å². The van der Waals surface area contributed by atoms with Gasteiger partial charge in [0.05, 0.1) is 0 Å². The van der Waals surface area contributed by atoms with Crippen LogP contribution in [0, 0.1) is 11.8 Å². The molecule has 0 fully saturated rings. The Bertz CT molecular complexity index is 148. The van der Waals surface area contributed by atoms with Gasteiger partial charge in [0.15, 0.2) is 0 Å². The highest BCUT2D eigenvalue weighted by Gasteiger charge is 2.10. The van der Waals surface area contributed by atoms with Gasteiger partial charge in [0.25, 0.3) is 0 Å². The highest BCUT2D eigenvalue weighted by molar-refractivity contribution is 5.73. The lowest BCUT2D eigenvalue weighted by atomic mass is 9.96. The van der Waals surface area contributed by atoms with Gasteiger partial charge in [0.1, 0.15) is 0 Å². The smallest absolute Gasteiger partial charge is 0.218 e. The van der Waals surface area contributed by atoms with Gasteiger partial charge in [-0.1, -0.05) is 13.8 Å². The Labute approximate surface area is 80.0 Å². The van der Waals surface area contributed by atoms with E-state index in [1.54, 1.807) is 0 Å². The number of amides is 1. The Morgan fingerprint density at radius 3 is 2.46 bits per heavy atom. The van der Waals surface area contributed by atoms with Crippen molar-refractivity contribution in [3.8, 4) is 0 Å². The molecule has 78 valence electrons. The van der Waals surface area contributed by atoms with Crippen molar-refractivity contribution >= 4 is 5.91 Å². The van der Waals surface area contributed by atoms with E-state index in [1.807, 2.05) is 0 Å². The molecule has 1 amide bonds. The van der Waals surface area contributed by atoms with Crippen LogP contribution in [0.2, 0.25) is 0 Å². The first-order valence-electron chi connectivity index (χ1n) is 4.77. The molecule has 0 radical (unpaired) electrons. The number of carbonyl (C=O) groups is 1. The quantitative estimate of drug-likeness (QED) is 0.478. The SMILES string of the molecule is CC(C)C(CN)CNCCC(N)=O. The Balaban J connectivity index is 3.44. The lowest BCUT2D eigenvalue weighted by molar-refractivity contribution is -0.117. The topological polar surface area (TPSA) is 81.1 Å². The second-order valence-corrected chi connectivity index (χ2v) is 3.66. The molecule has 4 nitrogen and oxygen atoms in total. The predicted molar refractivity (Wildman–Crippen MR) is 54.1 cm³/mol. The molecule has 0 aliphatic carbocycles. The second-order valence-electron chi connectivity index (χ2n) is 3.66. The molecule has 0 aliphatic heterocycles. The minimum atomic E-state index is -0.263. The van der Waals surface area contributed by atoms with Crippen molar-refractivity contribution in [2.75, 3.05) is 19.6 Å². The first-order valence-corrected chi connectivity index (χ1v) is 4.77. The maximum absolute atomic E-state index is 10.4. The van der Waals surface area contributed by atoms with Crippen LogP contribution in [0.4, 0.5) is 0 Å². The zero-order valence-corrected chi connectivity index (χ0v) is 8.55. The maximum atomic E-state index is 10.4.